The van der Waals surface area contributed by atoms with E-state index in [0.29, 0.717) is 38.5 Å². The topological polar surface area (TPSA) is 65.1 Å². The Bertz CT molecular complexity index is 766. The van der Waals surface area contributed by atoms with Gasteiger partial charge in [-0.3, -0.25) is 4.21 Å². The summed E-state index contributed by atoms with van der Waals surface area (Å²) in [6.07, 6.45) is 6.21. The summed E-state index contributed by atoms with van der Waals surface area (Å²) in [6, 6.07) is 3.40. The highest BCUT2D eigenvalue weighted by Crippen LogP contribution is 2.27. The molecular weight excluding hydrogens is 368 g/mol. The zero-order chi connectivity index (χ0) is 17.9. The summed E-state index contributed by atoms with van der Waals surface area (Å²) < 4.78 is 13.7. The van der Waals surface area contributed by atoms with E-state index in [1.807, 2.05) is 18.7 Å². The first-order chi connectivity index (χ1) is 11.3. The Morgan fingerprint density at radius 1 is 1.62 bits per heavy atom. The van der Waals surface area contributed by atoms with Crippen LogP contribution in [-0.2, 0) is 10.8 Å². The van der Waals surface area contributed by atoms with E-state index in [1.165, 1.54) is 12.4 Å². The molecule has 2 atom stereocenters. The molecule has 2 aromatic rings. The van der Waals surface area contributed by atoms with Gasteiger partial charge in [-0.15, -0.1) is 0 Å². The second-order valence-electron chi connectivity index (χ2n) is 5.40. The molecule has 0 aliphatic rings. The van der Waals surface area contributed by atoms with Gasteiger partial charge >= 0.3 is 0 Å². The first-order valence-electron chi connectivity index (χ1n) is 7.39. The molecule has 0 aliphatic heterocycles. The maximum absolute atomic E-state index is 11.5. The Labute approximate surface area is 154 Å². The van der Waals surface area contributed by atoms with E-state index in [2.05, 4.69) is 5.10 Å². The van der Waals surface area contributed by atoms with E-state index in [0.717, 1.165) is 0 Å². The normalized spacial score (nSPS) is 13.5. The molecule has 0 fully saturated rings. The highest BCUT2D eigenvalue weighted by atomic mass is 35.5. The van der Waals surface area contributed by atoms with E-state index >= 15 is 0 Å². The molecule has 0 bridgehead atoms. The molecule has 0 aliphatic carbocycles. The van der Waals surface area contributed by atoms with Crippen molar-refractivity contribution in [1.29, 1.82) is 0 Å². The van der Waals surface area contributed by atoms with Crippen molar-refractivity contribution in [3.05, 3.63) is 41.1 Å². The van der Waals surface area contributed by atoms with Gasteiger partial charge in [-0.1, -0.05) is 30.7 Å². The van der Waals surface area contributed by atoms with E-state index in [9.17, 15) is 9.42 Å². The van der Waals surface area contributed by atoms with Crippen LogP contribution >= 0.6 is 23.8 Å². The van der Waals surface area contributed by atoms with Gasteiger partial charge in [-0.25, -0.2) is 4.68 Å². The summed E-state index contributed by atoms with van der Waals surface area (Å²) >= 11 is 11.8. The number of rotatable bonds is 6. The smallest absolute Gasteiger partial charge is 0.206 e. The summed E-state index contributed by atoms with van der Waals surface area (Å²) in [6.45, 7) is 4.52. The zero-order valence-corrected chi connectivity index (χ0v) is 16.1. The van der Waals surface area contributed by atoms with Crippen LogP contribution in [0.3, 0.4) is 0 Å². The molecule has 9 heteroatoms. The summed E-state index contributed by atoms with van der Waals surface area (Å²) in [5.74, 6) is 0.474. The van der Waals surface area contributed by atoms with Crippen LogP contribution in [0, 0.1) is 11.1 Å². The zero-order valence-electron chi connectivity index (χ0n) is 13.7. The highest BCUT2D eigenvalue weighted by molar-refractivity contribution is 7.84. The Morgan fingerprint density at radius 2 is 2.33 bits per heavy atom. The lowest BCUT2D eigenvalue weighted by Gasteiger charge is -2.26. The molecule has 2 aromatic heterocycles. The number of halogens is 1. The quantitative estimate of drug-likeness (QED) is 0.433. The summed E-state index contributed by atoms with van der Waals surface area (Å²) in [5.41, 5.74) is 1.27. The molecule has 2 unspecified atom stereocenters. The van der Waals surface area contributed by atoms with Crippen LogP contribution in [0.5, 0.6) is 0 Å². The number of hydrogen-bond donors (Lipinski definition) is 0. The van der Waals surface area contributed by atoms with Gasteiger partial charge in [0.1, 0.15) is 5.69 Å². The van der Waals surface area contributed by atoms with E-state index in [-0.39, 0.29) is 5.92 Å². The fourth-order valence-corrected chi connectivity index (χ4v) is 3.88. The maximum Gasteiger partial charge on any atom is 0.206 e. The molecule has 0 saturated carbocycles. The van der Waals surface area contributed by atoms with Gasteiger partial charge in [-0.2, -0.15) is 9.83 Å². The minimum absolute atomic E-state index is 0.0225. The largest absolute Gasteiger partial charge is 0.619 e. The molecule has 6 nitrogen and oxygen atoms in total. The minimum atomic E-state index is -0.929. The number of thiocarbonyl (C=S) groups is 1. The Kier molecular flexibility index (Phi) is 6.31. The number of hydrogen-bond acceptors (Lipinski definition) is 4. The van der Waals surface area contributed by atoms with Crippen molar-refractivity contribution < 1.29 is 8.94 Å². The SMILES string of the molecule is CCN(C(=S)C(C)CS(C)=O)c1cn(-c2ccc[n+]([O-])c2)nc1Cl. The summed E-state index contributed by atoms with van der Waals surface area (Å²) in [5, 5.41) is 16.0. The minimum Gasteiger partial charge on any atom is -0.619 e. The van der Waals surface area contributed by atoms with Crippen molar-refractivity contribution >= 4 is 45.3 Å². The first-order valence-corrected chi connectivity index (χ1v) is 9.90. The van der Waals surface area contributed by atoms with Crippen LogP contribution in [0.2, 0.25) is 5.15 Å². The number of pyridine rings is 1. The average molecular weight is 387 g/mol. The predicted octanol–water partition coefficient (Wildman–Crippen LogP) is 2.33. The lowest BCUT2D eigenvalue weighted by molar-refractivity contribution is -0.605. The molecule has 0 aromatic carbocycles. The molecule has 2 rings (SSSR count). The predicted molar refractivity (Wildman–Crippen MR) is 101 cm³/mol. The van der Waals surface area contributed by atoms with Gasteiger partial charge in [0.05, 0.1) is 16.9 Å². The Balaban J connectivity index is 2.33. The first kappa shape index (κ1) is 18.8. The molecule has 0 radical (unpaired) electrons. The third-order valence-corrected chi connectivity index (χ3v) is 5.32. The fraction of sp³-hybridized carbons (Fsp3) is 0.400. The van der Waals surface area contributed by atoms with Crippen molar-refractivity contribution in [1.82, 2.24) is 9.78 Å². The van der Waals surface area contributed by atoms with Crippen molar-refractivity contribution in [2.75, 3.05) is 23.5 Å². The number of aromatic nitrogens is 3. The van der Waals surface area contributed by atoms with Gasteiger partial charge in [-0.05, 0) is 13.0 Å². The average Bonchev–Trinajstić information content (AvgIpc) is 2.89. The molecule has 0 saturated heterocycles. The maximum atomic E-state index is 11.5. The van der Waals surface area contributed by atoms with E-state index in [4.69, 9.17) is 23.8 Å². The van der Waals surface area contributed by atoms with Crippen LogP contribution < -0.4 is 9.63 Å². The summed E-state index contributed by atoms with van der Waals surface area (Å²) in [7, 11) is -0.929. The van der Waals surface area contributed by atoms with E-state index in [1.54, 1.807) is 29.3 Å². The molecule has 0 spiro atoms. The Morgan fingerprint density at radius 3 is 2.92 bits per heavy atom. The van der Waals surface area contributed by atoms with Crippen molar-refractivity contribution in [3.8, 4) is 5.69 Å². The lowest BCUT2D eigenvalue weighted by Crippen LogP contribution is -2.35. The highest BCUT2D eigenvalue weighted by Gasteiger charge is 2.22. The van der Waals surface area contributed by atoms with Crippen molar-refractivity contribution in [2.45, 2.75) is 13.8 Å². The molecule has 24 heavy (non-hydrogen) atoms. The Hall–Kier alpha value is -1.51. The monoisotopic (exact) mass is 386 g/mol. The standard InChI is InChI=1S/C15H19ClN4O2S2/c1-4-19(15(23)11(2)10-24(3)22)13-9-20(17-14(13)16)12-6-5-7-18(21)8-12/h5-9,11H,4,10H2,1-3H3. The van der Waals surface area contributed by atoms with Gasteiger partial charge in [0, 0.05) is 41.3 Å². The molecule has 0 amide bonds. The molecular formula is C15H19ClN4O2S2. The fourth-order valence-electron chi connectivity index (χ4n) is 2.37. The second-order valence-corrected chi connectivity index (χ2v) is 7.65. The van der Waals surface area contributed by atoms with Crippen molar-refractivity contribution in [3.63, 3.8) is 0 Å². The number of anilines is 1. The molecule has 130 valence electrons. The van der Waals surface area contributed by atoms with Crippen LogP contribution in [-0.4, -0.2) is 37.5 Å². The van der Waals surface area contributed by atoms with Crippen LogP contribution in [0.1, 0.15) is 13.8 Å². The second kappa shape index (κ2) is 8.04. The van der Waals surface area contributed by atoms with Crippen LogP contribution in [0.4, 0.5) is 5.69 Å². The van der Waals surface area contributed by atoms with Gasteiger partial charge < -0.3 is 10.1 Å². The van der Waals surface area contributed by atoms with Crippen LogP contribution in [0.25, 0.3) is 5.69 Å². The van der Waals surface area contributed by atoms with Gasteiger partial charge in [0.2, 0.25) is 6.20 Å². The van der Waals surface area contributed by atoms with E-state index < -0.39 is 10.8 Å². The molecule has 2 heterocycles. The van der Waals surface area contributed by atoms with Crippen LogP contribution in [0.15, 0.2) is 30.7 Å². The third kappa shape index (κ3) is 4.31. The third-order valence-electron chi connectivity index (χ3n) is 3.45. The lowest BCUT2D eigenvalue weighted by atomic mass is 10.2. The van der Waals surface area contributed by atoms with Gasteiger partial charge in [0.25, 0.3) is 0 Å². The summed E-state index contributed by atoms with van der Waals surface area (Å²) in [4.78, 5) is 2.55. The van der Waals surface area contributed by atoms with Gasteiger partial charge in [0.15, 0.2) is 11.3 Å². The molecule has 0 N–H and O–H groups in total. The van der Waals surface area contributed by atoms with Crippen molar-refractivity contribution in [2.24, 2.45) is 5.92 Å². The number of nitrogens with zero attached hydrogens (tertiary/aromatic N) is 4.